The SMILES string of the molecule is CC=C(C)C(=O)OC1CCC2(C)C3CCC4C5(O)CC(O)C6(O)C(CN7CC(C)CCC7C6(C)O)C5(O)CC42OC13O.O=C1C=CC2=C3c4cc(O)c(O)cc4CC3(O)COC2=C1O.O=S(=O)(O)O. The molecule has 1 spiro atoms. The van der Waals surface area contributed by atoms with E-state index in [1.807, 2.05) is 6.92 Å². The van der Waals surface area contributed by atoms with Crippen molar-refractivity contribution in [2.24, 2.45) is 29.1 Å². The van der Waals surface area contributed by atoms with E-state index in [9.17, 15) is 60.7 Å². The molecule has 380 valence electrons. The van der Waals surface area contributed by atoms with Gasteiger partial charge in [0.15, 0.2) is 23.4 Å². The molecule has 0 amide bonds. The van der Waals surface area contributed by atoms with Gasteiger partial charge in [-0.2, -0.15) is 8.42 Å². The van der Waals surface area contributed by atoms with Gasteiger partial charge in [-0.15, -0.1) is 0 Å². The fourth-order valence-corrected chi connectivity index (χ4v) is 15.0. The normalized spacial score (nSPS) is 45.7. The highest BCUT2D eigenvalue weighted by molar-refractivity contribution is 7.79. The van der Waals surface area contributed by atoms with Gasteiger partial charge in [-0.25, -0.2) is 4.79 Å². The first-order valence-corrected chi connectivity index (χ1v) is 24.9. The number of aliphatic hydroxyl groups excluding tert-OH is 2. The van der Waals surface area contributed by atoms with E-state index in [1.54, 1.807) is 26.8 Å². The summed E-state index contributed by atoms with van der Waals surface area (Å²) in [4.78, 5) is 26.4. The van der Waals surface area contributed by atoms with Gasteiger partial charge in [0.2, 0.25) is 17.3 Å². The smallest absolute Gasteiger partial charge is 0.394 e. The van der Waals surface area contributed by atoms with Crippen molar-refractivity contribution in [1.82, 2.24) is 4.90 Å². The topological polar surface area (TPSA) is 342 Å². The third-order valence-electron chi connectivity index (χ3n) is 18.3. The molecule has 4 saturated carbocycles. The highest BCUT2D eigenvalue weighted by Crippen LogP contribution is 2.78. The van der Waals surface area contributed by atoms with Crippen LogP contribution in [0.15, 0.2) is 53.0 Å². The third-order valence-corrected chi connectivity index (χ3v) is 18.3. The van der Waals surface area contributed by atoms with Crippen LogP contribution in [0.1, 0.15) is 97.1 Å². The first kappa shape index (κ1) is 50.0. The third kappa shape index (κ3) is 6.82. The van der Waals surface area contributed by atoms with Gasteiger partial charge < -0.3 is 65.3 Å². The monoisotopic (exact) mass is 989 g/mol. The summed E-state index contributed by atoms with van der Waals surface area (Å²) in [5, 5.41) is 114. The molecule has 20 nitrogen and oxygen atoms in total. The van der Waals surface area contributed by atoms with Gasteiger partial charge in [-0.05, 0) is 101 Å². The molecule has 12 N–H and O–H groups in total. The number of esters is 1. The molecule has 7 fully saturated rings. The van der Waals surface area contributed by atoms with Gasteiger partial charge in [0, 0.05) is 78.3 Å². The summed E-state index contributed by atoms with van der Waals surface area (Å²) in [5.41, 5.74) is -8.16. The van der Waals surface area contributed by atoms with Gasteiger partial charge >= 0.3 is 16.4 Å². The minimum atomic E-state index is -4.67. The molecule has 4 aliphatic heterocycles. The van der Waals surface area contributed by atoms with E-state index in [1.165, 1.54) is 24.3 Å². The summed E-state index contributed by atoms with van der Waals surface area (Å²) in [7, 11) is -4.67. The van der Waals surface area contributed by atoms with Crippen molar-refractivity contribution < 1.29 is 92.4 Å². The maximum absolute atomic E-state index is 12.9. The summed E-state index contributed by atoms with van der Waals surface area (Å²) in [6, 6.07) is 2.38. The van der Waals surface area contributed by atoms with Crippen LogP contribution in [-0.2, 0) is 40.6 Å². The highest BCUT2D eigenvalue weighted by atomic mass is 32.3. The zero-order valence-electron chi connectivity index (χ0n) is 39.0. The van der Waals surface area contributed by atoms with Crippen molar-refractivity contribution in [1.29, 1.82) is 0 Å². The highest BCUT2D eigenvalue weighted by Gasteiger charge is 2.89. The second-order valence-corrected chi connectivity index (χ2v) is 22.7. The number of ketones is 1. The molecule has 15 unspecified atom stereocenters. The molecule has 0 aromatic heterocycles. The number of phenols is 2. The number of rotatable bonds is 2. The molecule has 0 radical (unpaired) electrons. The second kappa shape index (κ2) is 15.8. The summed E-state index contributed by atoms with van der Waals surface area (Å²) in [6.07, 6.45) is 5.19. The van der Waals surface area contributed by atoms with Crippen LogP contribution in [0.25, 0.3) is 5.57 Å². The Morgan fingerprint density at radius 2 is 1.55 bits per heavy atom. The maximum Gasteiger partial charge on any atom is 0.394 e. The number of carbonyl (C=O) groups is 2. The number of piperidine rings is 2. The van der Waals surface area contributed by atoms with Crippen LogP contribution in [0.3, 0.4) is 0 Å². The molecule has 21 heteroatoms. The van der Waals surface area contributed by atoms with E-state index >= 15 is 0 Å². The Hall–Kier alpha value is -3.97. The number of ether oxygens (including phenoxy) is 3. The molecule has 1 aromatic carbocycles. The second-order valence-electron chi connectivity index (χ2n) is 21.8. The fraction of sp³-hybridized carbons (Fsp3) is 0.667. The molecule has 4 bridgehead atoms. The molecular formula is C48H63NO19S. The lowest BCUT2D eigenvalue weighted by molar-refractivity contribution is -0.354. The van der Waals surface area contributed by atoms with E-state index < -0.39 is 103 Å². The van der Waals surface area contributed by atoms with Gasteiger partial charge in [0.05, 0.1) is 11.7 Å². The van der Waals surface area contributed by atoms with E-state index in [0.717, 1.165) is 6.42 Å². The lowest BCUT2D eigenvalue weighted by atomic mass is 9.49. The fourth-order valence-electron chi connectivity index (χ4n) is 15.0. The number of fused-ring (bicyclic) bond motifs is 9. The number of allylic oxidation sites excluding steroid dienone is 3. The van der Waals surface area contributed by atoms with Crippen molar-refractivity contribution in [2.45, 2.75) is 150 Å². The van der Waals surface area contributed by atoms with Crippen LogP contribution >= 0.6 is 0 Å². The first-order chi connectivity index (χ1) is 31.9. The molecule has 4 heterocycles. The molecule has 6 aliphatic carbocycles. The number of carbonyl (C=O) groups excluding carboxylic acids is 2. The van der Waals surface area contributed by atoms with E-state index in [0.29, 0.717) is 72.4 Å². The molecule has 10 aliphatic rings. The van der Waals surface area contributed by atoms with Gasteiger partial charge in [0.25, 0.3) is 0 Å². The van der Waals surface area contributed by atoms with Crippen molar-refractivity contribution in [3.8, 4) is 11.5 Å². The standard InChI is InChI=1S/C32H49NO9.C16H12O6.H2O4S/c1-6-18(3)25(35)41-24-11-12-26(4)19-8-9-20-28(37)13-23(34)31(39)21(29(28,38)16-30(20,26)42-32(19,24)40)15-33-14-17(2)7-10-22(33)27(31,5)36;17-10-2-1-8-13-9-4-12(19)11(18)3-7(9)5-16(13,21)6-22-15(8)14(10)20;1-5(2,3)4/h6,17,19-24,34,36-40H,7-16H2,1-5H3;1-4,18-21H,5-6H2;(H2,1,2,3,4). The molecule has 11 rings (SSSR count). The quantitative estimate of drug-likeness (QED) is 0.0863. The number of hydrogen-bond donors (Lipinski definition) is 12. The van der Waals surface area contributed by atoms with Gasteiger partial charge in [-0.1, -0.05) is 19.9 Å². The molecular weight excluding hydrogens is 927 g/mol. The van der Waals surface area contributed by atoms with Crippen molar-refractivity contribution in [2.75, 3.05) is 19.7 Å². The van der Waals surface area contributed by atoms with Crippen LogP contribution < -0.4 is 0 Å². The molecule has 1 aromatic rings. The molecule has 69 heavy (non-hydrogen) atoms. The zero-order chi connectivity index (χ0) is 50.6. The van der Waals surface area contributed by atoms with E-state index in [4.69, 9.17) is 31.7 Å². The zero-order valence-corrected chi connectivity index (χ0v) is 39.8. The number of nitrogens with zero attached hydrogens (tertiary/aromatic N) is 1. The molecule has 3 saturated heterocycles. The van der Waals surface area contributed by atoms with Crippen molar-refractivity contribution in [3.05, 3.63) is 64.2 Å². The average molecular weight is 990 g/mol. The Kier molecular flexibility index (Phi) is 11.4. The Bertz CT molecular complexity index is 2620. The Morgan fingerprint density at radius 3 is 2.22 bits per heavy atom. The predicted octanol–water partition coefficient (Wildman–Crippen LogP) is 1.42. The number of benzene rings is 1. The predicted molar refractivity (Wildman–Crippen MR) is 239 cm³/mol. The van der Waals surface area contributed by atoms with Crippen LogP contribution in [-0.4, -0.2) is 163 Å². The van der Waals surface area contributed by atoms with Crippen LogP contribution in [0, 0.1) is 29.1 Å². The van der Waals surface area contributed by atoms with Crippen molar-refractivity contribution >= 4 is 27.7 Å². The van der Waals surface area contributed by atoms with Crippen molar-refractivity contribution in [3.63, 3.8) is 0 Å². The lowest BCUT2D eigenvalue weighted by Crippen LogP contribution is -2.85. The summed E-state index contributed by atoms with van der Waals surface area (Å²) < 4.78 is 49.6. The largest absolute Gasteiger partial charge is 0.504 e. The van der Waals surface area contributed by atoms with E-state index in [2.05, 4.69) is 11.8 Å². The minimum absolute atomic E-state index is 0.0348. The van der Waals surface area contributed by atoms with E-state index in [-0.39, 0.29) is 55.7 Å². The Labute approximate surface area is 398 Å². The maximum atomic E-state index is 12.9. The van der Waals surface area contributed by atoms with Gasteiger partial charge in [0.1, 0.15) is 34.6 Å². The summed E-state index contributed by atoms with van der Waals surface area (Å²) in [5.74, 6) is -5.63. The Balaban J connectivity index is 0.000000183. The van der Waals surface area contributed by atoms with Crippen LogP contribution in [0.2, 0.25) is 0 Å². The minimum Gasteiger partial charge on any atom is -0.504 e. The number of phenolic OH excluding ortho intramolecular Hbond substituents is 2. The summed E-state index contributed by atoms with van der Waals surface area (Å²) >= 11 is 0. The van der Waals surface area contributed by atoms with Gasteiger partial charge in [-0.3, -0.25) is 18.8 Å². The number of aliphatic hydroxyl groups is 8. The van der Waals surface area contributed by atoms with Crippen LogP contribution in [0.5, 0.6) is 11.5 Å². The molecule has 15 atom stereocenters. The lowest BCUT2D eigenvalue weighted by Gasteiger charge is -2.68. The average Bonchev–Trinajstić information content (AvgIpc) is 3.63. The summed E-state index contributed by atoms with van der Waals surface area (Å²) in [6.45, 7) is 9.94. The Morgan fingerprint density at radius 1 is 0.899 bits per heavy atom. The number of aromatic hydroxyl groups is 2. The first-order valence-electron chi connectivity index (χ1n) is 23.5. The van der Waals surface area contributed by atoms with Crippen LogP contribution in [0.4, 0.5) is 0 Å². The number of hydrogen-bond acceptors (Lipinski definition) is 18.